The summed E-state index contributed by atoms with van der Waals surface area (Å²) in [5.41, 5.74) is 2.30. The number of hydrogen-bond acceptors (Lipinski definition) is 6. The van der Waals surface area contributed by atoms with Crippen LogP contribution in [0, 0.1) is 13.8 Å². The van der Waals surface area contributed by atoms with Gasteiger partial charge in [0.1, 0.15) is 5.82 Å². The molecular weight excluding hydrogens is 292 g/mol. The molecule has 7 nitrogen and oxygen atoms in total. The molecule has 124 valence electrons. The highest BCUT2D eigenvalue weighted by molar-refractivity contribution is 5.31. The van der Waals surface area contributed by atoms with Gasteiger partial charge < -0.3 is 10.1 Å². The zero-order valence-corrected chi connectivity index (χ0v) is 13.8. The van der Waals surface area contributed by atoms with Crippen LogP contribution in [0.4, 0.5) is 5.82 Å². The number of aromatic nitrogens is 4. The van der Waals surface area contributed by atoms with Gasteiger partial charge in [-0.15, -0.1) is 5.10 Å². The zero-order valence-electron chi connectivity index (χ0n) is 13.8. The van der Waals surface area contributed by atoms with Crippen LogP contribution in [0.5, 0.6) is 0 Å². The first-order valence-corrected chi connectivity index (χ1v) is 8.07. The van der Waals surface area contributed by atoms with E-state index in [1.54, 1.807) is 6.20 Å². The molecule has 0 bridgehead atoms. The lowest BCUT2D eigenvalue weighted by Gasteiger charge is -2.33. The van der Waals surface area contributed by atoms with E-state index in [9.17, 15) is 0 Å². The quantitative estimate of drug-likeness (QED) is 0.861. The first-order chi connectivity index (χ1) is 11.2. The highest BCUT2D eigenvalue weighted by Crippen LogP contribution is 2.08. The van der Waals surface area contributed by atoms with Gasteiger partial charge in [0.2, 0.25) is 0 Å². The third-order valence-corrected chi connectivity index (χ3v) is 4.04. The second kappa shape index (κ2) is 7.52. The second-order valence-electron chi connectivity index (χ2n) is 5.93. The maximum absolute atomic E-state index is 5.84. The molecule has 1 aliphatic rings. The molecule has 0 aliphatic carbocycles. The molecule has 2 aromatic heterocycles. The fourth-order valence-corrected chi connectivity index (χ4v) is 2.86. The van der Waals surface area contributed by atoms with Gasteiger partial charge in [0.15, 0.2) is 0 Å². The van der Waals surface area contributed by atoms with Crippen LogP contribution < -0.4 is 5.32 Å². The molecule has 0 spiro atoms. The summed E-state index contributed by atoms with van der Waals surface area (Å²) < 4.78 is 7.92. The maximum atomic E-state index is 5.84. The molecule has 0 aromatic carbocycles. The molecule has 3 rings (SSSR count). The molecular formula is C16H24N6O. The lowest BCUT2D eigenvalue weighted by atomic mass is 10.2. The van der Waals surface area contributed by atoms with Gasteiger partial charge in [0.05, 0.1) is 24.9 Å². The Kier molecular flexibility index (Phi) is 5.19. The van der Waals surface area contributed by atoms with Crippen LogP contribution in [0.25, 0.3) is 0 Å². The van der Waals surface area contributed by atoms with Crippen LogP contribution in [0.15, 0.2) is 24.4 Å². The van der Waals surface area contributed by atoms with Gasteiger partial charge >= 0.3 is 0 Å². The van der Waals surface area contributed by atoms with Crippen molar-refractivity contribution in [2.24, 2.45) is 0 Å². The van der Waals surface area contributed by atoms with E-state index in [1.165, 1.54) is 5.69 Å². The summed E-state index contributed by atoms with van der Waals surface area (Å²) >= 11 is 0. The van der Waals surface area contributed by atoms with Crippen LogP contribution in [0.3, 0.4) is 0 Å². The monoisotopic (exact) mass is 316 g/mol. The van der Waals surface area contributed by atoms with Crippen LogP contribution in [-0.4, -0.2) is 63.8 Å². The van der Waals surface area contributed by atoms with E-state index in [4.69, 9.17) is 4.74 Å². The number of morpholine rings is 1. The van der Waals surface area contributed by atoms with Gasteiger partial charge in [-0.25, -0.2) is 0 Å². The smallest absolute Gasteiger partial charge is 0.148 e. The summed E-state index contributed by atoms with van der Waals surface area (Å²) in [5.74, 6) is 0.788. The predicted molar refractivity (Wildman–Crippen MR) is 88.4 cm³/mol. The predicted octanol–water partition coefficient (Wildman–Crippen LogP) is 1.10. The number of nitrogens with zero attached hydrogens (tertiary/aromatic N) is 5. The van der Waals surface area contributed by atoms with E-state index in [-0.39, 0.29) is 6.10 Å². The van der Waals surface area contributed by atoms with Crippen LogP contribution in [0.1, 0.15) is 11.4 Å². The van der Waals surface area contributed by atoms with Crippen molar-refractivity contribution in [3.05, 3.63) is 35.8 Å². The number of nitrogens with one attached hydrogen (secondary N) is 1. The summed E-state index contributed by atoms with van der Waals surface area (Å²) in [4.78, 5) is 2.43. The Morgan fingerprint density at radius 3 is 3.00 bits per heavy atom. The van der Waals surface area contributed by atoms with Crippen molar-refractivity contribution in [3.63, 3.8) is 0 Å². The highest BCUT2D eigenvalue weighted by Gasteiger charge is 2.20. The minimum Gasteiger partial charge on any atom is -0.374 e. The lowest BCUT2D eigenvalue weighted by Crippen LogP contribution is -2.46. The van der Waals surface area contributed by atoms with Gasteiger partial charge in [0.25, 0.3) is 0 Å². The first-order valence-electron chi connectivity index (χ1n) is 8.07. The molecule has 0 amide bonds. The topological polar surface area (TPSA) is 68.1 Å². The molecule has 2 aromatic rings. The van der Waals surface area contributed by atoms with E-state index in [0.717, 1.165) is 50.8 Å². The standard InChI is InChI=1S/C16H24N6O/c1-13-10-14(2)22(20-13)7-6-21-8-9-23-15(12-21)11-17-16-4-3-5-18-19-16/h3-5,10,15H,6-9,11-12H2,1-2H3,(H,17,19)/t15-/m0/s1. The minimum absolute atomic E-state index is 0.172. The van der Waals surface area contributed by atoms with Crippen LogP contribution in [0.2, 0.25) is 0 Å². The number of anilines is 1. The van der Waals surface area contributed by atoms with Gasteiger partial charge in [-0.05, 0) is 32.0 Å². The fourth-order valence-electron chi connectivity index (χ4n) is 2.86. The summed E-state index contributed by atoms with van der Waals surface area (Å²) in [5, 5.41) is 15.7. The molecule has 1 atom stereocenters. The van der Waals surface area contributed by atoms with E-state index >= 15 is 0 Å². The average molecular weight is 316 g/mol. The third kappa shape index (κ3) is 4.49. The van der Waals surface area contributed by atoms with Crippen molar-refractivity contribution in [2.75, 3.05) is 38.1 Å². The summed E-state index contributed by atoms with van der Waals surface area (Å²) in [6, 6.07) is 5.90. The van der Waals surface area contributed by atoms with Crippen LogP contribution >= 0.6 is 0 Å². The molecule has 1 saturated heterocycles. The number of ether oxygens (including phenoxy) is 1. The normalized spacial score (nSPS) is 19.0. The Balaban J connectivity index is 1.45. The molecule has 23 heavy (non-hydrogen) atoms. The molecule has 3 heterocycles. The Bertz CT molecular complexity index is 614. The van der Waals surface area contributed by atoms with Crippen molar-refractivity contribution in [1.82, 2.24) is 24.9 Å². The minimum atomic E-state index is 0.172. The highest BCUT2D eigenvalue weighted by atomic mass is 16.5. The maximum Gasteiger partial charge on any atom is 0.148 e. The second-order valence-corrected chi connectivity index (χ2v) is 5.93. The molecule has 1 fully saturated rings. The molecule has 0 radical (unpaired) electrons. The third-order valence-electron chi connectivity index (χ3n) is 4.04. The average Bonchev–Trinajstić information content (AvgIpc) is 2.90. The molecule has 1 N–H and O–H groups in total. The Labute approximate surface area is 136 Å². The van der Waals surface area contributed by atoms with Crippen molar-refractivity contribution < 1.29 is 4.74 Å². The zero-order chi connectivity index (χ0) is 16.1. The fraction of sp³-hybridized carbons (Fsp3) is 0.562. The van der Waals surface area contributed by atoms with Crippen molar-refractivity contribution in [2.45, 2.75) is 26.5 Å². The number of aryl methyl sites for hydroxylation is 2. The summed E-state index contributed by atoms with van der Waals surface area (Å²) in [7, 11) is 0. The summed E-state index contributed by atoms with van der Waals surface area (Å²) in [6.07, 6.45) is 1.84. The van der Waals surface area contributed by atoms with Crippen molar-refractivity contribution in [3.8, 4) is 0 Å². The number of rotatable bonds is 6. The SMILES string of the molecule is Cc1cc(C)n(CCN2CCO[C@@H](CNc3cccnn3)C2)n1. The molecule has 1 aliphatic heterocycles. The van der Waals surface area contributed by atoms with E-state index in [0.29, 0.717) is 0 Å². The Morgan fingerprint density at radius 1 is 1.35 bits per heavy atom. The first kappa shape index (κ1) is 15.9. The Morgan fingerprint density at radius 2 is 2.26 bits per heavy atom. The molecule has 7 heteroatoms. The summed E-state index contributed by atoms with van der Waals surface area (Å²) in [6.45, 7) is 9.46. The van der Waals surface area contributed by atoms with E-state index < -0.39 is 0 Å². The van der Waals surface area contributed by atoms with Crippen molar-refractivity contribution in [1.29, 1.82) is 0 Å². The van der Waals surface area contributed by atoms with Gasteiger partial charge in [-0.2, -0.15) is 10.2 Å². The Hall–Kier alpha value is -1.99. The van der Waals surface area contributed by atoms with Crippen LogP contribution in [-0.2, 0) is 11.3 Å². The number of hydrogen-bond donors (Lipinski definition) is 1. The molecule has 0 unspecified atom stereocenters. The van der Waals surface area contributed by atoms with Crippen molar-refractivity contribution >= 4 is 5.82 Å². The van der Waals surface area contributed by atoms with Gasteiger partial charge in [-0.1, -0.05) is 0 Å². The van der Waals surface area contributed by atoms with E-state index in [1.807, 2.05) is 19.1 Å². The van der Waals surface area contributed by atoms with Gasteiger partial charge in [0, 0.05) is 38.1 Å². The molecule has 0 saturated carbocycles. The lowest BCUT2D eigenvalue weighted by molar-refractivity contribution is -0.0223. The largest absolute Gasteiger partial charge is 0.374 e. The van der Waals surface area contributed by atoms with Gasteiger partial charge in [-0.3, -0.25) is 9.58 Å². The van der Waals surface area contributed by atoms with E-state index in [2.05, 4.69) is 43.2 Å².